The van der Waals surface area contributed by atoms with Gasteiger partial charge in [-0.1, -0.05) is 18.2 Å². The van der Waals surface area contributed by atoms with E-state index in [1.54, 1.807) is 23.7 Å². The van der Waals surface area contributed by atoms with Gasteiger partial charge in [0.1, 0.15) is 7.85 Å². The minimum absolute atomic E-state index is 0.0879. The van der Waals surface area contributed by atoms with Gasteiger partial charge in [-0.05, 0) is 36.2 Å². The number of hydrogen-bond acceptors (Lipinski definition) is 4. The molecule has 0 bridgehead atoms. The summed E-state index contributed by atoms with van der Waals surface area (Å²) in [7, 11) is 3.80. The number of β-lactam (4-membered cyclic amide) rings is 1. The van der Waals surface area contributed by atoms with Crippen LogP contribution in [0.25, 0.3) is 0 Å². The molecule has 0 aromatic heterocycles. The number of nitrogens with one attached hydrogen (secondary N) is 2. The van der Waals surface area contributed by atoms with Gasteiger partial charge in [0.05, 0.1) is 11.5 Å². The lowest BCUT2D eigenvalue weighted by molar-refractivity contribution is -0.131. The van der Waals surface area contributed by atoms with E-state index in [4.69, 9.17) is 5.41 Å². The summed E-state index contributed by atoms with van der Waals surface area (Å²) in [6, 6.07) is 7.71. The maximum atomic E-state index is 13.2. The number of hydrogen-bond donors (Lipinski definition) is 2. The van der Waals surface area contributed by atoms with Crippen molar-refractivity contribution >= 4 is 43.1 Å². The molecule has 8 heteroatoms. The molecule has 1 aromatic carbocycles. The molecule has 0 saturated carbocycles. The summed E-state index contributed by atoms with van der Waals surface area (Å²) in [5.74, 6) is 1.19. The zero-order valence-corrected chi connectivity index (χ0v) is 16.6. The predicted molar refractivity (Wildman–Crippen MR) is 111 cm³/mol. The van der Waals surface area contributed by atoms with Crippen molar-refractivity contribution in [3.63, 3.8) is 0 Å². The molecule has 2 unspecified atom stereocenters. The third-order valence-corrected chi connectivity index (χ3v) is 7.27. The molecule has 6 nitrogen and oxygen atoms in total. The highest BCUT2D eigenvalue weighted by molar-refractivity contribution is 8.03. The molecular formula is C19H23BN4O2S. The van der Waals surface area contributed by atoms with Crippen molar-refractivity contribution < 1.29 is 9.59 Å². The Morgan fingerprint density at radius 2 is 2.00 bits per heavy atom. The molecule has 0 radical (unpaired) electrons. The second-order valence-corrected chi connectivity index (χ2v) is 8.77. The van der Waals surface area contributed by atoms with Gasteiger partial charge in [0, 0.05) is 30.6 Å². The van der Waals surface area contributed by atoms with Gasteiger partial charge in [-0.25, -0.2) is 0 Å². The van der Waals surface area contributed by atoms with E-state index < -0.39 is 11.5 Å². The lowest BCUT2D eigenvalue weighted by Gasteiger charge is -2.46. The number of rotatable bonds is 3. The highest BCUT2D eigenvalue weighted by atomic mass is 32.2. The fourth-order valence-electron chi connectivity index (χ4n) is 3.97. The number of allylic oxidation sites excluding steroid dienone is 1. The average molecular weight is 382 g/mol. The molecule has 0 spiro atoms. The molecule has 3 aliphatic rings. The van der Waals surface area contributed by atoms with Crippen molar-refractivity contribution in [3.8, 4) is 0 Å². The number of amides is 2. The molecule has 3 atom stereocenters. The summed E-state index contributed by atoms with van der Waals surface area (Å²) in [4.78, 5) is 29.1. The minimum Gasteiger partial charge on any atom is -0.345 e. The molecule has 2 fully saturated rings. The fraction of sp³-hybridized carbons (Fsp3) is 0.421. The van der Waals surface area contributed by atoms with Crippen LogP contribution in [0.4, 0.5) is 5.69 Å². The highest BCUT2D eigenvalue weighted by Crippen LogP contribution is 2.47. The summed E-state index contributed by atoms with van der Waals surface area (Å²) in [6.07, 6.45) is 2.81. The first-order chi connectivity index (χ1) is 12.8. The summed E-state index contributed by atoms with van der Waals surface area (Å²) in [6.45, 7) is 2.77. The van der Waals surface area contributed by atoms with Crippen LogP contribution in [0, 0.1) is 5.41 Å². The second kappa shape index (κ2) is 6.44. The first-order valence-electron chi connectivity index (χ1n) is 9.21. The van der Waals surface area contributed by atoms with Crippen molar-refractivity contribution in [1.29, 1.82) is 5.41 Å². The van der Waals surface area contributed by atoms with Crippen LogP contribution < -0.4 is 10.2 Å². The SMILES string of the molecule is BC1C=C([C@@]2(C)NC(=N)N(C)C(=O)C2c2ccc(N3CCC3=O)cc2)SC1. The molecule has 3 aliphatic heterocycles. The molecule has 2 amide bonds. The zero-order chi connectivity index (χ0) is 19.3. The van der Waals surface area contributed by atoms with Crippen LogP contribution >= 0.6 is 11.8 Å². The largest absolute Gasteiger partial charge is 0.345 e. The second-order valence-electron chi connectivity index (χ2n) is 7.71. The molecule has 2 N–H and O–H groups in total. The Kier molecular flexibility index (Phi) is 4.33. The van der Waals surface area contributed by atoms with E-state index >= 15 is 0 Å². The fourth-order valence-corrected chi connectivity index (χ4v) is 5.30. The quantitative estimate of drug-likeness (QED) is 0.611. The summed E-state index contributed by atoms with van der Waals surface area (Å²) >= 11 is 1.76. The lowest BCUT2D eigenvalue weighted by atomic mass is 9.76. The van der Waals surface area contributed by atoms with Crippen molar-refractivity contribution in [2.45, 2.75) is 30.6 Å². The number of guanidine groups is 1. The van der Waals surface area contributed by atoms with Crippen LogP contribution in [-0.4, -0.2) is 55.4 Å². The zero-order valence-electron chi connectivity index (χ0n) is 15.8. The molecule has 27 heavy (non-hydrogen) atoms. The molecule has 2 saturated heterocycles. The number of carbonyl (C=O) groups is 2. The standard InChI is InChI=1S/C19H23BN4O2S/c1-19(14-9-12(20)10-27-14)16(17(26)23(2)18(21)22-19)11-3-5-13(6-4-11)24-8-7-15(24)25/h3-6,9,12,16H,7-8,10,20H2,1-2H3,(H2,21,22)/t12?,16?,19-/m1/s1. The number of benzene rings is 1. The van der Waals surface area contributed by atoms with Gasteiger partial charge in [0.25, 0.3) is 0 Å². The Morgan fingerprint density at radius 1 is 1.30 bits per heavy atom. The number of anilines is 1. The van der Waals surface area contributed by atoms with Gasteiger partial charge in [0.2, 0.25) is 11.8 Å². The normalized spacial score (nSPS) is 30.9. The molecule has 4 rings (SSSR count). The van der Waals surface area contributed by atoms with Crippen LogP contribution in [-0.2, 0) is 9.59 Å². The number of nitrogens with zero attached hydrogens (tertiary/aromatic N) is 2. The van der Waals surface area contributed by atoms with Crippen LogP contribution in [0.1, 0.15) is 24.8 Å². The van der Waals surface area contributed by atoms with Crippen molar-refractivity contribution in [2.75, 3.05) is 24.2 Å². The van der Waals surface area contributed by atoms with Crippen LogP contribution in [0.5, 0.6) is 0 Å². The maximum absolute atomic E-state index is 13.2. The summed E-state index contributed by atoms with van der Waals surface area (Å²) in [5, 5.41) is 11.5. The Balaban J connectivity index is 1.72. The van der Waals surface area contributed by atoms with Gasteiger partial charge < -0.3 is 10.2 Å². The van der Waals surface area contributed by atoms with Crippen LogP contribution in [0.3, 0.4) is 0 Å². The number of carbonyl (C=O) groups excluding carboxylic acids is 2. The van der Waals surface area contributed by atoms with Crippen LogP contribution in [0.15, 0.2) is 35.2 Å². The molecular weight excluding hydrogens is 359 g/mol. The maximum Gasteiger partial charge on any atom is 0.239 e. The smallest absolute Gasteiger partial charge is 0.239 e. The molecule has 1 aromatic rings. The van der Waals surface area contributed by atoms with Gasteiger partial charge in [-0.15, -0.1) is 11.8 Å². The first kappa shape index (κ1) is 18.2. The third-order valence-electron chi connectivity index (χ3n) is 5.71. The van der Waals surface area contributed by atoms with Crippen LogP contribution in [0.2, 0.25) is 5.82 Å². The van der Waals surface area contributed by atoms with E-state index in [1.165, 1.54) is 4.90 Å². The number of thioether (sulfide) groups is 1. The Bertz CT molecular complexity index is 856. The molecule has 140 valence electrons. The van der Waals surface area contributed by atoms with E-state index in [1.807, 2.05) is 31.2 Å². The summed E-state index contributed by atoms with van der Waals surface area (Å²) < 4.78 is 0. The van der Waals surface area contributed by atoms with Gasteiger partial charge >= 0.3 is 0 Å². The molecule has 3 heterocycles. The number of likely N-dealkylation sites (N-methyl/N-ethyl adjacent to an activating group) is 1. The van der Waals surface area contributed by atoms with Crippen molar-refractivity contribution in [1.82, 2.24) is 10.2 Å². The third kappa shape index (κ3) is 2.86. The van der Waals surface area contributed by atoms with Gasteiger partial charge in [0.15, 0.2) is 5.96 Å². The summed E-state index contributed by atoms with van der Waals surface area (Å²) in [5.41, 5.74) is 1.12. The first-order valence-corrected chi connectivity index (χ1v) is 10.2. The van der Waals surface area contributed by atoms with E-state index in [9.17, 15) is 9.59 Å². The minimum atomic E-state index is -0.649. The predicted octanol–water partition coefficient (Wildman–Crippen LogP) is 1.31. The lowest BCUT2D eigenvalue weighted by Crippen LogP contribution is -2.64. The van der Waals surface area contributed by atoms with E-state index in [0.717, 1.165) is 28.5 Å². The van der Waals surface area contributed by atoms with Crippen molar-refractivity contribution in [2.24, 2.45) is 0 Å². The Morgan fingerprint density at radius 3 is 2.52 bits per heavy atom. The van der Waals surface area contributed by atoms with Gasteiger partial charge in [-0.2, -0.15) is 0 Å². The Hall–Kier alpha value is -2.22. The highest BCUT2D eigenvalue weighted by Gasteiger charge is 2.50. The molecule has 0 aliphatic carbocycles. The monoisotopic (exact) mass is 382 g/mol. The van der Waals surface area contributed by atoms with Gasteiger partial charge in [-0.3, -0.25) is 19.9 Å². The average Bonchev–Trinajstić information content (AvgIpc) is 3.07. The van der Waals surface area contributed by atoms with E-state index in [0.29, 0.717) is 12.2 Å². The van der Waals surface area contributed by atoms with E-state index in [2.05, 4.69) is 19.2 Å². The Labute approximate surface area is 164 Å². The van der Waals surface area contributed by atoms with E-state index in [-0.39, 0.29) is 17.8 Å². The topological polar surface area (TPSA) is 76.5 Å². The van der Waals surface area contributed by atoms with Crippen molar-refractivity contribution in [3.05, 3.63) is 40.8 Å².